The van der Waals surface area contributed by atoms with Gasteiger partial charge < -0.3 is 30.0 Å². The first-order valence-electron chi connectivity index (χ1n) is 13.6. The minimum atomic E-state index is -1.21. The molecule has 1 unspecified atom stereocenters. The van der Waals surface area contributed by atoms with Gasteiger partial charge in [-0.3, -0.25) is 14.5 Å². The molecule has 0 spiro atoms. The molecule has 2 aliphatic rings. The quantitative estimate of drug-likeness (QED) is 0.285. The van der Waals surface area contributed by atoms with Gasteiger partial charge in [0.1, 0.15) is 46.9 Å². The number of carbonyl (C=O) groups excluding carboxylic acids is 4. The average Bonchev–Trinajstić information content (AvgIpc) is 2.97. The van der Waals surface area contributed by atoms with E-state index in [9.17, 15) is 24.3 Å². The number of esters is 1. The van der Waals surface area contributed by atoms with Crippen LogP contribution in [0.2, 0.25) is 0 Å². The van der Waals surface area contributed by atoms with E-state index >= 15 is 0 Å². The monoisotopic (exact) mass is 609 g/mol. The molecule has 0 aliphatic carbocycles. The third-order valence-corrected chi connectivity index (χ3v) is 7.84. The SMILES string of the molecule is CC=CC1=C(C(=O)OCc2ccc(OC)cc2)N2C(=O)[C@@H](NC(=O)C(NC(=O)OC(C)(C)C)c3ccc(O)cc3)[C@@H]2SC1. The van der Waals surface area contributed by atoms with Crippen LogP contribution in [0.1, 0.15) is 44.9 Å². The van der Waals surface area contributed by atoms with Crippen LogP contribution < -0.4 is 15.4 Å². The van der Waals surface area contributed by atoms with E-state index in [-0.39, 0.29) is 18.1 Å². The van der Waals surface area contributed by atoms with Gasteiger partial charge in [0.15, 0.2) is 0 Å². The molecule has 2 heterocycles. The maximum absolute atomic E-state index is 13.5. The number of amides is 3. The molecule has 1 saturated heterocycles. The molecule has 3 amide bonds. The number of aromatic hydroxyl groups is 1. The molecule has 3 atom stereocenters. The molecule has 2 aliphatic heterocycles. The van der Waals surface area contributed by atoms with Crippen LogP contribution in [-0.2, 0) is 30.5 Å². The van der Waals surface area contributed by atoms with Crippen LogP contribution in [0.4, 0.5) is 4.79 Å². The maximum Gasteiger partial charge on any atom is 0.408 e. The Morgan fingerprint density at radius 3 is 2.40 bits per heavy atom. The van der Waals surface area contributed by atoms with Gasteiger partial charge in [-0.1, -0.05) is 36.4 Å². The van der Waals surface area contributed by atoms with Gasteiger partial charge >= 0.3 is 12.1 Å². The number of carbonyl (C=O) groups is 4. The van der Waals surface area contributed by atoms with Crippen LogP contribution in [0.25, 0.3) is 0 Å². The fourth-order valence-corrected chi connectivity index (χ4v) is 5.85. The Morgan fingerprint density at radius 2 is 1.79 bits per heavy atom. The molecule has 1 fully saturated rings. The summed E-state index contributed by atoms with van der Waals surface area (Å²) in [6.45, 7) is 6.89. The summed E-state index contributed by atoms with van der Waals surface area (Å²) >= 11 is 1.40. The normalized spacial score (nSPS) is 18.8. The third kappa shape index (κ3) is 7.50. The number of alkyl carbamates (subject to hydrolysis) is 1. The fourth-order valence-electron chi connectivity index (χ4n) is 4.53. The topological polar surface area (TPSA) is 144 Å². The van der Waals surface area contributed by atoms with Crippen molar-refractivity contribution in [2.75, 3.05) is 12.9 Å². The number of hydrogen-bond acceptors (Lipinski definition) is 9. The van der Waals surface area contributed by atoms with Gasteiger partial charge in [-0.25, -0.2) is 9.59 Å². The lowest BCUT2D eigenvalue weighted by atomic mass is 10.0. The van der Waals surface area contributed by atoms with Crippen LogP contribution in [0, 0.1) is 0 Å². The van der Waals surface area contributed by atoms with Gasteiger partial charge in [0.05, 0.1) is 7.11 Å². The number of hydrogen-bond donors (Lipinski definition) is 3. The molecular formula is C31H35N3O8S. The number of allylic oxidation sites excluding steroid dienone is 2. The first kappa shape index (κ1) is 31.5. The summed E-state index contributed by atoms with van der Waals surface area (Å²) in [5.74, 6) is -0.712. The van der Waals surface area contributed by atoms with E-state index in [0.29, 0.717) is 22.6 Å². The average molecular weight is 610 g/mol. The zero-order chi connectivity index (χ0) is 31.3. The van der Waals surface area contributed by atoms with Gasteiger partial charge in [-0.15, -0.1) is 11.8 Å². The maximum atomic E-state index is 13.5. The largest absolute Gasteiger partial charge is 0.508 e. The predicted molar refractivity (Wildman–Crippen MR) is 160 cm³/mol. The molecule has 12 heteroatoms. The number of nitrogens with zero attached hydrogens (tertiary/aromatic N) is 1. The summed E-state index contributed by atoms with van der Waals surface area (Å²) in [6, 6.07) is 10.7. The second kappa shape index (κ2) is 13.2. The Balaban J connectivity index is 1.50. The summed E-state index contributed by atoms with van der Waals surface area (Å²) in [7, 11) is 1.56. The predicted octanol–water partition coefficient (Wildman–Crippen LogP) is 3.94. The Kier molecular flexibility index (Phi) is 9.70. The van der Waals surface area contributed by atoms with E-state index in [4.69, 9.17) is 14.2 Å². The van der Waals surface area contributed by atoms with E-state index in [2.05, 4.69) is 10.6 Å². The van der Waals surface area contributed by atoms with Gasteiger partial charge in [-0.05, 0) is 68.7 Å². The lowest BCUT2D eigenvalue weighted by molar-refractivity contribution is -0.153. The molecular weight excluding hydrogens is 574 g/mol. The van der Waals surface area contributed by atoms with Crippen molar-refractivity contribution in [1.82, 2.24) is 15.5 Å². The molecule has 4 rings (SSSR count). The van der Waals surface area contributed by atoms with Crippen LogP contribution in [-0.4, -0.2) is 63.8 Å². The molecule has 3 N–H and O–H groups in total. The van der Waals surface area contributed by atoms with Crippen LogP contribution in [0.15, 0.2) is 72.0 Å². The van der Waals surface area contributed by atoms with Crippen molar-refractivity contribution in [1.29, 1.82) is 0 Å². The number of phenolic OH excluding ortho intramolecular Hbond substituents is 1. The number of benzene rings is 2. The Bertz CT molecular complexity index is 1430. The van der Waals surface area contributed by atoms with E-state index in [1.54, 1.807) is 64.3 Å². The molecule has 11 nitrogen and oxygen atoms in total. The Hall–Kier alpha value is -4.45. The van der Waals surface area contributed by atoms with E-state index in [0.717, 1.165) is 5.56 Å². The zero-order valence-electron chi connectivity index (χ0n) is 24.6. The van der Waals surface area contributed by atoms with Crippen LogP contribution in [0.3, 0.4) is 0 Å². The lowest BCUT2D eigenvalue weighted by Gasteiger charge is -2.49. The van der Waals surface area contributed by atoms with Gasteiger partial charge in [-0.2, -0.15) is 0 Å². The van der Waals surface area contributed by atoms with E-state index < -0.39 is 46.9 Å². The molecule has 0 bridgehead atoms. The molecule has 0 saturated carbocycles. The number of fused-ring (bicyclic) bond motifs is 1. The summed E-state index contributed by atoms with van der Waals surface area (Å²) in [4.78, 5) is 54.1. The minimum Gasteiger partial charge on any atom is -0.508 e. The Labute approximate surface area is 254 Å². The standard InChI is InChI=1S/C31H35N3O8S/c1-6-7-20-17-43-28-24(27(37)34(28)25(20)29(38)41-16-18-8-14-22(40-5)15-9-18)32-26(36)23(19-10-12-21(35)13-11-19)33-30(39)42-31(2,3)4/h6-15,23-24,28,35H,16-17H2,1-5H3,(H,32,36)(H,33,39)/t23?,24-,28+/m1/s1. The number of nitrogens with one attached hydrogen (secondary N) is 2. The molecule has 228 valence electrons. The first-order valence-corrected chi connectivity index (χ1v) is 14.7. The number of phenols is 1. The van der Waals surface area contributed by atoms with E-state index in [1.165, 1.54) is 40.9 Å². The molecule has 2 aromatic carbocycles. The first-order chi connectivity index (χ1) is 20.4. The van der Waals surface area contributed by atoms with E-state index in [1.807, 2.05) is 6.92 Å². The number of methoxy groups -OCH3 is 1. The zero-order valence-corrected chi connectivity index (χ0v) is 25.4. The lowest BCUT2D eigenvalue weighted by Crippen LogP contribution is -2.71. The van der Waals surface area contributed by atoms with Crippen molar-refractivity contribution in [3.8, 4) is 11.5 Å². The fraction of sp³-hybridized carbons (Fsp3) is 0.355. The highest BCUT2D eigenvalue weighted by atomic mass is 32.2. The highest BCUT2D eigenvalue weighted by Gasteiger charge is 2.54. The van der Waals surface area contributed by atoms with Crippen molar-refractivity contribution in [2.45, 2.75) is 57.4 Å². The summed E-state index contributed by atoms with van der Waals surface area (Å²) < 4.78 is 16.1. The smallest absolute Gasteiger partial charge is 0.408 e. The van der Waals surface area contributed by atoms with Crippen molar-refractivity contribution in [3.63, 3.8) is 0 Å². The van der Waals surface area contributed by atoms with Gasteiger partial charge in [0.2, 0.25) is 5.91 Å². The van der Waals surface area contributed by atoms with Crippen LogP contribution >= 0.6 is 11.8 Å². The molecule has 0 aromatic heterocycles. The van der Waals surface area contributed by atoms with Crippen molar-refractivity contribution in [2.24, 2.45) is 0 Å². The second-order valence-electron chi connectivity index (χ2n) is 10.9. The highest BCUT2D eigenvalue weighted by Crippen LogP contribution is 2.41. The van der Waals surface area contributed by atoms with Crippen molar-refractivity contribution in [3.05, 3.63) is 83.1 Å². The number of thioether (sulfide) groups is 1. The van der Waals surface area contributed by atoms with Crippen molar-refractivity contribution >= 4 is 35.6 Å². The second-order valence-corrected chi connectivity index (χ2v) is 12.0. The van der Waals surface area contributed by atoms with Crippen molar-refractivity contribution < 1.29 is 38.5 Å². The van der Waals surface area contributed by atoms with Gasteiger partial charge in [0.25, 0.3) is 5.91 Å². The molecule has 0 radical (unpaired) electrons. The summed E-state index contributed by atoms with van der Waals surface area (Å²) in [5, 5.41) is 14.4. The van der Waals surface area contributed by atoms with Gasteiger partial charge in [0, 0.05) is 5.75 Å². The summed E-state index contributed by atoms with van der Waals surface area (Å²) in [5.41, 5.74) is 1.09. The number of β-lactam (4-membered cyclic amide) rings is 1. The Morgan fingerprint density at radius 1 is 1.12 bits per heavy atom. The highest BCUT2D eigenvalue weighted by molar-refractivity contribution is 8.00. The minimum absolute atomic E-state index is 0.0000953. The number of rotatable bonds is 9. The van der Waals surface area contributed by atoms with Crippen LogP contribution in [0.5, 0.6) is 11.5 Å². The summed E-state index contributed by atoms with van der Waals surface area (Å²) in [6.07, 6.45) is 2.72. The molecule has 43 heavy (non-hydrogen) atoms. The third-order valence-electron chi connectivity index (χ3n) is 6.54. The number of ether oxygens (including phenoxy) is 3. The molecule has 2 aromatic rings.